The Kier molecular flexibility index (Phi) is 34.3. The normalized spacial score (nSPS) is 15.8. The standard InChI is InChI=1S/C55H96N20O13/c1-30(2)42(67-32(4)77)50(85)74-43(31(3)76)51(86)75-28-12-18-41(75)49(84)73-40(29-33-19-21-34(78)22-20-33)48(83)71-35(13-5-7-23-56)44(79)69-38(16-10-26-65-54(60)61)46(81)70-37(15-9-25-64-53(58)59)45(80)68-36(14-6-8-24-57)47(82)72-39(52(87)88)17-11-27-66-55(62)63/h19-22,30-31,35-43,76,78H,5-18,23-29,56-57H2,1-4H3,(H,67,77)(H,68,80)(H,69,79)(H,70,81)(H,71,83)(H,72,82)(H,73,84)(H,74,85)(H,87,88)(H4,58,59,64)(H4,60,61,65)(H4,62,63,66)/t31-,35+,36+,37+,38+,39+,40+,41+,42+,43+/m1/s1. The van der Waals surface area contributed by atoms with Crippen molar-refractivity contribution < 1.29 is 63.3 Å². The fourth-order valence-corrected chi connectivity index (χ4v) is 9.40. The number of carbonyl (C=O) groups excluding carboxylic acids is 9. The average molecular weight is 1250 g/mol. The molecule has 88 heavy (non-hydrogen) atoms. The zero-order valence-corrected chi connectivity index (χ0v) is 50.8. The molecule has 10 atom stereocenters. The lowest BCUT2D eigenvalue weighted by atomic mass is 10.0. The third-order valence-corrected chi connectivity index (χ3v) is 14.1. The molecule has 9 amide bonds. The predicted molar refractivity (Wildman–Crippen MR) is 327 cm³/mol. The number of benzene rings is 1. The highest BCUT2D eigenvalue weighted by Gasteiger charge is 2.42. The Labute approximate surface area is 512 Å². The molecule has 0 aliphatic carbocycles. The molecule has 1 fully saturated rings. The highest BCUT2D eigenvalue weighted by molar-refractivity contribution is 5.99. The van der Waals surface area contributed by atoms with Crippen LogP contribution in [0.5, 0.6) is 5.75 Å². The number of aliphatic carboxylic acids is 1. The summed E-state index contributed by atoms with van der Waals surface area (Å²) in [6.45, 7) is 6.40. The number of aliphatic hydroxyl groups excluding tert-OH is 1. The summed E-state index contributed by atoms with van der Waals surface area (Å²) in [4.78, 5) is 151. The predicted octanol–water partition coefficient (Wildman–Crippen LogP) is -5.64. The van der Waals surface area contributed by atoms with Crippen molar-refractivity contribution in [1.82, 2.24) is 47.4 Å². The second-order valence-corrected chi connectivity index (χ2v) is 21.8. The van der Waals surface area contributed by atoms with E-state index >= 15 is 0 Å². The van der Waals surface area contributed by atoms with Crippen LogP contribution in [0.1, 0.15) is 123 Å². The third-order valence-electron chi connectivity index (χ3n) is 14.1. The number of nitrogens with two attached hydrogens (primary N) is 8. The molecule has 1 aromatic carbocycles. The van der Waals surface area contributed by atoms with Crippen molar-refractivity contribution in [3.05, 3.63) is 29.8 Å². The number of amides is 9. The number of phenols is 1. The van der Waals surface area contributed by atoms with Gasteiger partial charge in [-0.2, -0.15) is 0 Å². The van der Waals surface area contributed by atoms with E-state index in [1.165, 1.54) is 43.0 Å². The monoisotopic (exact) mass is 1240 g/mol. The average Bonchev–Trinajstić information content (AvgIpc) is 3.68. The second-order valence-electron chi connectivity index (χ2n) is 21.8. The Morgan fingerprint density at radius 2 is 0.932 bits per heavy atom. The number of carboxylic acid groups (broad SMARTS) is 1. The van der Waals surface area contributed by atoms with Gasteiger partial charge in [0.2, 0.25) is 53.2 Å². The molecule has 0 aromatic heterocycles. The number of aromatic hydroxyl groups is 1. The van der Waals surface area contributed by atoms with E-state index in [-0.39, 0.29) is 134 Å². The number of nitrogens with zero attached hydrogens (tertiary/aromatic N) is 4. The first-order chi connectivity index (χ1) is 41.6. The molecule has 0 spiro atoms. The van der Waals surface area contributed by atoms with E-state index in [0.717, 1.165) is 0 Å². The Morgan fingerprint density at radius 3 is 1.31 bits per heavy atom. The number of hydrogen-bond donors (Lipinski definition) is 19. The van der Waals surface area contributed by atoms with Crippen molar-refractivity contribution in [3.8, 4) is 5.75 Å². The Balaban J connectivity index is 2.59. The molecule has 494 valence electrons. The van der Waals surface area contributed by atoms with E-state index in [4.69, 9.17) is 45.9 Å². The lowest BCUT2D eigenvalue weighted by molar-refractivity contribution is -0.145. The third kappa shape index (κ3) is 28.3. The molecule has 33 nitrogen and oxygen atoms in total. The van der Waals surface area contributed by atoms with Gasteiger partial charge in [0.25, 0.3) is 0 Å². The molecule has 2 rings (SSSR count). The van der Waals surface area contributed by atoms with Gasteiger partial charge in [0, 0.05) is 39.5 Å². The summed E-state index contributed by atoms with van der Waals surface area (Å²) in [7, 11) is 0. The highest BCUT2D eigenvalue weighted by atomic mass is 16.4. The van der Waals surface area contributed by atoms with Crippen LogP contribution < -0.4 is 88.4 Å². The van der Waals surface area contributed by atoms with E-state index in [2.05, 4.69) is 57.5 Å². The molecular formula is C55H96N20O13. The number of likely N-dealkylation sites (tertiary alicyclic amines) is 1. The second kappa shape index (κ2) is 40.0. The van der Waals surface area contributed by atoms with Crippen LogP contribution >= 0.6 is 0 Å². The molecule has 27 N–H and O–H groups in total. The van der Waals surface area contributed by atoms with Crippen LogP contribution in [-0.2, 0) is 54.4 Å². The van der Waals surface area contributed by atoms with E-state index in [1.807, 2.05) is 0 Å². The molecular weight excluding hydrogens is 1150 g/mol. The molecule has 1 aliphatic rings. The number of phenolic OH excluding ortho intramolecular Hbond substituents is 1. The highest BCUT2D eigenvalue weighted by Crippen LogP contribution is 2.21. The van der Waals surface area contributed by atoms with Crippen LogP contribution in [0.25, 0.3) is 0 Å². The zero-order chi connectivity index (χ0) is 66.0. The molecule has 0 bridgehead atoms. The van der Waals surface area contributed by atoms with Crippen LogP contribution in [0.15, 0.2) is 39.2 Å². The van der Waals surface area contributed by atoms with Crippen LogP contribution in [0, 0.1) is 5.92 Å². The Morgan fingerprint density at radius 1 is 0.534 bits per heavy atom. The first kappa shape index (κ1) is 75.5. The fourth-order valence-electron chi connectivity index (χ4n) is 9.40. The molecule has 0 saturated carbocycles. The minimum atomic E-state index is -1.54. The molecule has 0 unspecified atom stereocenters. The van der Waals surface area contributed by atoms with Crippen LogP contribution in [0.3, 0.4) is 0 Å². The molecule has 0 radical (unpaired) electrons. The van der Waals surface area contributed by atoms with Crippen molar-refractivity contribution in [3.63, 3.8) is 0 Å². The number of rotatable bonds is 41. The molecule has 1 aromatic rings. The van der Waals surface area contributed by atoms with Gasteiger partial charge >= 0.3 is 5.97 Å². The van der Waals surface area contributed by atoms with E-state index < -0.39 is 126 Å². The molecule has 1 saturated heterocycles. The lowest BCUT2D eigenvalue weighted by Crippen LogP contribution is -2.61. The Hall–Kier alpha value is -8.59. The zero-order valence-electron chi connectivity index (χ0n) is 50.8. The molecule has 1 heterocycles. The topological polar surface area (TPSA) is 576 Å². The van der Waals surface area contributed by atoms with E-state index in [1.54, 1.807) is 13.8 Å². The van der Waals surface area contributed by atoms with Gasteiger partial charge in [-0.1, -0.05) is 26.0 Å². The minimum absolute atomic E-state index is 0.000764. The number of carboxylic acids is 1. The number of unbranched alkanes of at least 4 members (excludes halogenated alkanes) is 2. The number of carbonyl (C=O) groups is 10. The number of hydrogen-bond acceptors (Lipinski definition) is 17. The summed E-state index contributed by atoms with van der Waals surface area (Å²) in [5, 5.41) is 51.8. The lowest BCUT2D eigenvalue weighted by Gasteiger charge is -2.32. The number of nitrogens with one attached hydrogen (secondary N) is 8. The van der Waals surface area contributed by atoms with Gasteiger partial charge in [-0.3, -0.25) is 58.1 Å². The Bertz CT molecular complexity index is 2540. The maximum Gasteiger partial charge on any atom is 0.326 e. The van der Waals surface area contributed by atoms with Gasteiger partial charge in [-0.05, 0) is 134 Å². The first-order valence-corrected chi connectivity index (χ1v) is 29.6. The van der Waals surface area contributed by atoms with Crippen LogP contribution in [0.2, 0.25) is 0 Å². The number of aliphatic imine (C=N–C) groups is 3. The summed E-state index contributed by atoms with van der Waals surface area (Å²) in [6, 6.07) is -6.56. The van der Waals surface area contributed by atoms with E-state index in [9.17, 15) is 63.3 Å². The molecule has 1 aliphatic heterocycles. The summed E-state index contributed by atoms with van der Waals surface area (Å²) < 4.78 is 0. The maximum absolute atomic E-state index is 14.7. The molecule has 33 heteroatoms. The van der Waals surface area contributed by atoms with Gasteiger partial charge < -0.3 is 109 Å². The van der Waals surface area contributed by atoms with Crippen molar-refractivity contribution in [2.24, 2.45) is 66.8 Å². The summed E-state index contributed by atoms with van der Waals surface area (Å²) >= 11 is 0. The minimum Gasteiger partial charge on any atom is -0.508 e. The van der Waals surface area contributed by atoms with Crippen molar-refractivity contribution in [1.29, 1.82) is 0 Å². The summed E-state index contributed by atoms with van der Waals surface area (Å²) in [6.07, 6.45) is 0.182. The van der Waals surface area contributed by atoms with Crippen molar-refractivity contribution >= 4 is 77.0 Å². The van der Waals surface area contributed by atoms with Crippen LogP contribution in [-0.4, -0.2) is 197 Å². The first-order valence-electron chi connectivity index (χ1n) is 29.6. The smallest absolute Gasteiger partial charge is 0.326 e. The van der Waals surface area contributed by atoms with Crippen LogP contribution in [0.4, 0.5) is 0 Å². The largest absolute Gasteiger partial charge is 0.508 e. The fraction of sp³-hybridized carbons (Fsp3) is 0.655. The number of aliphatic hydroxyl groups is 1. The van der Waals surface area contributed by atoms with Crippen molar-refractivity contribution in [2.75, 3.05) is 39.3 Å². The van der Waals surface area contributed by atoms with Gasteiger partial charge in [0.15, 0.2) is 17.9 Å². The van der Waals surface area contributed by atoms with Gasteiger partial charge in [0.1, 0.15) is 60.1 Å². The van der Waals surface area contributed by atoms with Gasteiger partial charge in [0.05, 0.1) is 6.10 Å². The SMILES string of the molecule is CC(=O)N[C@H](C(=O)N[C@H](C(=O)N1CCC[C@H]1C(=O)N[C@@H](Cc1ccc(O)cc1)C(=O)N[C@@H](CCCCN)C(=O)N[C@@H](CCCN=C(N)N)C(=O)N[C@@H](CCCN=C(N)N)C(=O)N[C@@H](CCCCN)C(=O)N[C@@H](CCCN=C(N)N)C(=O)O)[C@@H](C)O)C(C)C. The van der Waals surface area contributed by atoms with Gasteiger partial charge in [-0.25, -0.2) is 4.79 Å². The van der Waals surface area contributed by atoms with Crippen molar-refractivity contribution in [2.45, 2.75) is 184 Å². The summed E-state index contributed by atoms with van der Waals surface area (Å²) in [5.41, 5.74) is 45.0. The number of guanidine groups is 3. The maximum atomic E-state index is 14.7. The van der Waals surface area contributed by atoms with Gasteiger partial charge in [-0.15, -0.1) is 0 Å². The van der Waals surface area contributed by atoms with E-state index in [0.29, 0.717) is 31.2 Å². The summed E-state index contributed by atoms with van der Waals surface area (Å²) in [5.74, 6) is -9.79. The quantitative estimate of drug-likeness (QED) is 0.0165.